The second kappa shape index (κ2) is 4.29. The van der Waals surface area contributed by atoms with Crippen LogP contribution >= 0.6 is 22.3 Å². The van der Waals surface area contributed by atoms with Crippen LogP contribution in [-0.4, -0.2) is 13.7 Å². The van der Waals surface area contributed by atoms with Crippen LogP contribution in [0, 0.1) is 0 Å². The average molecular weight is 253 g/mol. The van der Waals surface area contributed by atoms with E-state index in [0.29, 0.717) is 5.56 Å². The molecular weight excluding hydrogens is 247 g/mol. The molecule has 0 radical (unpaired) electrons. The molecule has 6 heteroatoms. The Morgan fingerprint density at radius 1 is 1.21 bits per heavy atom. The van der Waals surface area contributed by atoms with Crippen LogP contribution in [0.3, 0.4) is 0 Å². The van der Waals surface area contributed by atoms with Gasteiger partial charge >= 0.3 is 0 Å². The molecule has 0 aromatic heterocycles. The van der Waals surface area contributed by atoms with E-state index >= 15 is 0 Å². The van der Waals surface area contributed by atoms with Crippen LogP contribution in [-0.2, 0) is 20.3 Å². The molecule has 1 rings (SSSR count). The zero-order valence-electron chi connectivity index (χ0n) is 6.91. The number of benzene rings is 1. The van der Waals surface area contributed by atoms with Gasteiger partial charge in [-0.3, -0.25) is 4.79 Å². The van der Waals surface area contributed by atoms with Gasteiger partial charge in [0.15, 0.2) is 0 Å². The second-order valence-corrected chi connectivity index (χ2v) is 5.60. The number of hydrogen-bond donors (Lipinski definition) is 0. The molecule has 0 atom stereocenters. The summed E-state index contributed by atoms with van der Waals surface area (Å²) in [4.78, 5) is 10.5. The molecule has 1 aromatic rings. The minimum atomic E-state index is -3.69. The Bertz CT molecular complexity index is 436. The number of carbonyl (C=O) groups excluding carboxylic acids is 1. The summed E-state index contributed by atoms with van der Waals surface area (Å²) >= 11 is 5.16. The molecule has 0 unspecified atom stereocenters. The third-order valence-electron chi connectivity index (χ3n) is 1.55. The summed E-state index contributed by atoms with van der Waals surface area (Å²) < 4.78 is 21.7. The van der Waals surface area contributed by atoms with E-state index in [1.54, 1.807) is 0 Å². The maximum absolute atomic E-state index is 10.8. The number of carbonyl (C=O) groups is 1. The first-order valence-electron chi connectivity index (χ1n) is 3.61. The summed E-state index contributed by atoms with van der Waals surface area (Å²) in [7, 11) is 1.40. The summed E-state index contributed by atoms with van der Waals surface area (Å²) in [6.07, 6.45) is 0.0736. The molecule has 0 aliphatic carbocycles. The van der Waals surface area contributed by atoms with E-state index in [2.05, 4.69) is 0 Å². The molecule has 0 heterocycles. The van der Waals surface area contributed by atoms with Crippen molar-refractivity contribution < 1.29 is 13.2 Å². The first kappa shape index (κ1) is 11.5. The predicted octanol–water partition coefficient (Wildman–Crippen LogP) is 1.92. The van der Waals surface area contributed by atoms with E-state index < -0.39 is 14.3 Å². The van der Waals surface area contributed by atoms with Crippen molar-refractivity contribution in [2.24, 2.45) is 0 Å². The van der Waals surface area contributed by atoms with Gasteiger partial charge in [-0.25, -0.2) is 8.42 Å². The minimum absolute atomic E-state index is 0.00457. The van der Waals surface area contributed by atoms with Crippen molar-refractivity contribution in [1.29, 1.82) is 0 Å². The van der Waals surface area contributed by atoms with Crippen LogP contribution in [0.4, 0.5) is 0 Å². The Balaban J connectivity index is 2.95. The molecule has 1 aromatic carbocycles. The number of rotatable bonds is 3. The molecule has 0 fully saturated rings. The zero-order valence-corrected chi connectivity index (χ0v) is 9.23. The van der Waals surface area contributed by atoms with Gasteiger partial charge in [-0.1, -0.05) is 12.1 Å². The topological polar surface area (TPSA) is 51.2 Å². The summed E-state index contributed by atoms with van der Waals surface area (Å²) in [5.74, 6) is 0. The lowest BCUT2D eigenvalue weighted by Gasteiger charge is -1.98. The molecule has 0 spiro atoms. The molecule has 0 aliphatic heterocycles. The van der Waals surface area contributed by atoms with Crippen molar-refractivity contribution in [3.63, 3.8) is 0 Å². The van der Waals surface area contributed by atoms with Crippen LogP contribution in [0.1, 0.15) is 5.56 Å². The maximum Gasteiger partial charge on any atom is 0.261 e. The van der Waals surface area contributed by atoms with Crippen LogP contribution in [0.5, 0.6) is 0 Å². The maximum atomic E-state index is 10.8. The molecule has 76 valence electrons. The molecule has 0 aliphatic rings. The number of halogens is 2. The van der Waals surface area contributed by atoms with Crippen LogP contribution in [0.15, 0.2) is 29.2 Å². The highest BCUT2D eigenvalue weighted by molar-refractivity contribution is 8.13. The van der Waals surface area contributed by atoms with Gasteiger partial charge < -0.3 is 0 Å². The molecule has 0 bridgehead atoms. The monoisotopic (exact) mass is 252 g/mol. The van der Waals surface area contributed by atoms with Crippen molar-refractivity contribution >= 4 is 36.6 Å². The smallest absolute Gasteiger partial charge is 0.261 e. The SMILES string of the molecule is O=C(Cl)Cc1ccc(S(=O)(=O)Cl)cc1. The van der Waals surface area contributed by atoms with E-state index in [9.17, 15) is 13.2 Å². The molecular formula is C8H6Cl2O3S. The van der Waals surface area contributed by atoms with Gasteiger partial charge in [-0.15, -0.1) is 0 Å². The van der Waals surface area contributed by atoms with Gasteiger partial charge in [0, 0.05) is 17.1 Å². The average Bonchev–Trinajstić information content (AvgIpc) is 2.02. The highest BCUT2D eigenvalue weighted by Crippen LogP contribution is 2.15. The minimum Gasteiger partial charge on any atom is -0.281 e. The third kappa shape index (κ3) is 3.29. The Kier molecular flexibility index (Phi) is 3.53. The van der Waals surface area contributed by atoms with E-state index in [0.717, 1.165) is 0 Å². The van der Waals surface area contributed by atoms with Crippen molar-refractivity contribution in [2.75, 3.05) is 0 Å². The van der Waals surface area contributed by atoms with Crippen LogP contribution in [0.2, 0.25) is 0 Å². The quantitative estimate of drug-likeness (QED) is 0.773. The van der Waals surface area contributed by atoms with Gasteiger partial charge in [0.05, 0.1) is 4.90 Å². The van der Waals surface area contributed by atoms with Crippen molar-refractivity contribution in [3.8, 4) is 0 Å². The third-order valence-corrected chi connectivity index (χ3v) is 3.05. The lowest BCUT2D eigenvalue weighted by atomic mass is 10.2. The van der Waals surface area contributed by atoms with Gasteiger partial charge in [-0.2, -0.15) is 0 Å². The summed E-state index contributed by atoms with van der Waals surface area (Å²) in [6, 6.07) is 5.65. The lowest BCUT2D eigenvalue weighted by Crippen LogP contribution is -1.95. The summed E-state index contributed by atoms with van der Waals surface area (Å²) in [5.41, 5.74) is 0.647. The van der Waals surface area contributed by atoms with E-state index in [-0.39, 0.29) is 11.3 Å². The Labute approximate surface area is 91.1 Å². The fourth-order valence-corrected chi connectivity index (χ4v) is 1.85. The Morgan fingerprint density at radius 3 is 2.07 bits per heavy atom. The van der Waals surface area contributed by atoms with Gasteiger partial charge in [0.2, 0.25) is 5.24 Å². The van der Waals surface area contributed by atoms with Crippen molar-refractivity contribution in [2.45, 2.75) is 11.3 Å². The summed E-state index contributed by atoms with van der Waals surface area (Å²) in [6.45, 7) is 0. The first-order chi connectivity index (χ1) is 6.39. The van der Waals surface area contributed by atoms with Gasteiger partial charge in [-0.05, 0) is 29.3 Å². The Morgan fingerprint density at radius 2 is 1.71 bits per heavy atom. The molecule has 0 saturated heterocycles. The second-order valence-electron chi connectivity index (χ2n) is 2.61. The predicted molar refractivity (Wildman–Crippen MR) is 54.0 cm³/mol. The van der Waals surface area contributed by atoms with Gasteiger partial charge in [0.25, 0.3) is 9.05 Å². The standard InChI is InChI=1S/C8H6Cl2O3S/c9-8(11)5-6-1-3-7(4-2-6)14(10,12)13/h1-4H,5H2. The van der Waals surface area contributed by atoms with E-state index in [1.165, 1.54) is 24.3 Å². The molecule has 14 heavy (non-hydrogen) atoms. The summed E-state index contributed by atoms with van der Waals surface area (Å²) in [5, 5.41) is -0.494. The van der Waals surface area contributed by atoms with Gasteiger partial charge in [0.1, 0.15) is 0 Å². The first-order valence-corrected chi connectivity index (χ1v) is 6.30. The molecule has 3 nitrogen and oxygen atoms in total. The molecule has 0 amide bonds. The fraction of sp³-hybridized carbons (Fsp3) is 0.125. The Hall–Kier alpha value is -0.580. The lowest BCUT2D eigenvalue weighted by molar-refractivity contribution is -0.111. The van der Waals surface area contributed by atoms with Crippen molar-refractivity contribution in [1.82, 2.24) is 0 Å². The highest BCUT2D eigenvalue weighted by atomic mass is 35.7. The van der Waals surface area contributed by atoms with Crippen LogP contribution < -0.4 is 0 Å². The molecule has 0 N–H and O–H groups in total. The van der Waals surface area contributed by atoms with E-state index in [1.807, 2.05) is 0 Å². The molecule has 0 saturated carbocycles. The largest absolute Gasteiger partial charge is 0.281 e. The van der Waals surface area contributed by atoms with Crippen LogP contribution in [0.25, 0.3) is 0 Å². The highest BCUT2D eigenvalue weighted by Gasteiger charge is 2.09. The van der Waals surface area contributed by atoms with Crippen molar-refractivity contribution in [3.05, 3.63) is 29.8 Å². The number of hydrogen-bond acceptors (Lipinski definition) is 3. The zero-order chi connectivity index (χ0) is 10.8. The fourth-order valence-electron chi connectivity index (χ4n) is 0.930. The normalized spacial score (nSPS) is 11.3. The van der Waals surface area contributed by atoms with E-state index in [4.69, 9.17) is 22.3 Å².